The van der Waals surface area contributed by atoms with Crippen LogP contribution in [0.15, 0.2) is 12.1 Å². The SMILES string of the molecule is Fc1cc(F)c(N2CCN3CCCCC3C2)cc1F. The lowest BCUT2D eigenvalue weighted by Crippen LogP contribution is -2.55. The fraction of sp³-hybridized carbons (Fsp3) is 0.571. The molecule has 19 heavy (non-hydrogen) atoms. The Balaban J connectivity index is 1.81. The molecule has 2 nitrogen and oxygen atoms in total. The number of piperazine rings is 1. The lowest BCUT2D eigenvalue weighted by molar-refractivity contribution is 0.133. The number of hydrogen-bond acceptors (Lipinski definition) is 2. The zero-order valence-electron chi connectivity index (χ0n) is 10.7. The Hall–Kier alpha value is -1.23. The largest absolute Gasteiger partial charge is 0.366 e. The molecule has 2 heterocycles. The van der Waals surface area contributed by atoms with Gasteiger partial charge in [0.2, 0.25) is 0 Å². The summed E-state index contributed by atoms with van der Waals surface area (Å²) in [7, 11) is 0. The summed E-state index contributed by atoms with van der Waals surface area (Å²) in [4.78, 5) is 4.25. The molecular formula is C14H17F3N2. The standard InChI is InChI=1S/C14H17F3N2/c15-11-7-13(17)14(8-12(11)16)19-6-5-18-4-2-1-3-10(18)9-19/h7-8,10H,1-6,9H2. The zero-order valence-corrected chi connectivity index (χ0v) is 10.7. The minimum atomic E-state index is -1.13. The molecule has 2 aliphatic rings. The summed E-state index contributed by atoms with van der Waals surface area (Å²) in [6, 6.07) is 2.02. The molecule has 0 bridgehead atoms. The van der Waals surface area contributed by atoms with Crippen molar-refractivity contribution >= 4 is 5.69 Å². The summed E-state index contributed by atoms with van der Waals surface area (Å²) in [5.74, 6) is -2.79. The smallest absolute Gasteiger partial charge is 0.161 e. The highest BCUT2D eigenvalue weighted by atomic mass is 19.2. The molecule has 1 aromatic rings. The molecule has 104 valence electrons. The van der Waals surface area contributed by atoms with Crippen LogP contribution in [-0.2, 0) is 0 Å². The van der Waals surface area contributed by atoms with E-state index in [-0.39, 0.29) is 5.69 Å². The normalized spacial score (nSPS) is 24.4. The Morgan fingerprint density at radius 2 is 1.68 bits per heavy atom. The molecule has 0 aromatic heterocycles. The van der Waals surface area contributed by atoms with Gasteiger partial charge in [0.1, 0.15) is 5.82 Å². The quantitative estimate of drug-likeness (QED) is 0.724. The van der Waals surface area contributed by atoms with Gasteiger partial charge in [-0.25, -0.2) is 13.2 Å². The van der Waals surface area contributed by atoms with E-state index in [1.54, 1.807) is 0 Å². The second kappa shape index (κ2) is 5.04. The van der Waals surface area contributed by atoms with E-state index in [9.17, 15) is 13.2 Å². The van der Waals surface area contributed by atoms with E-state index in [2.05, 4.69) is 4.90 Å². The lowest BCUT2D eigenvalue weighted by Gasteiger charge is -2.44. The summed E-state index contributed by atoms with van der Waals surface area (Å²) < 4.78 is 40.0. The number of piperidine rings is 1. The van der Waals surface area contributed by atoms with Crippen molar-refractivity contribution in [1.82, 2.24) is 4.90 Å². The van der Waals surface area contributed by atoms with Crippen molar-refractivity contribution in [3.63, 3.8) is 0 Å². The van der Waals surface area contributed by atoms with E-state index >= 15 is 0 Å². The Morgan fingerprint density at radius 1 is 0.895 bits per heavy atom. The first-order valence-electron chi connectivity index (χ1n) is 6.78. The van der Waals surface area contributed by atoms with E-state index in [1.807, 2.05) is 4.90 Å². The maximum Gasteiger partial charge on any atom is 0.161 e. The summed E-state index contributed by atoms with van der Waals surface area (Å²) in [5.41, 5.74) is 0.184. The summed E-state index contributed by atoms with van der Waals surface area (Å²) in [6.45, 7) is 3.32. The van der Waals surface area contributed by atoms with Gasteiger partial charge in [0.15, 0.2) is 11.6 Å². The van der Waals surface area contributed by atoms with E-state index in [0.29, 0.717) is 25.2 Å². The summed E-state index contributed by atoms with van der Waals surface area (Å²) in [5, 5.41) is 0. The number of rotatable bonds is 1. The molecule has 2 aliphatic heterocycles. The third-order valence-electron chi connectivity index (χ3n) is 4.17. The average molecular weight is 270 g/mol. The Bertz CT molecular complexity index is 478. The topological polar surface area (TPSA) is 6.48 Å². The average Bonchev–Trinajstić information content (AvgIpc) is 2.42. The summed E-state index contributed by atoms with van der Waals surface area (Å²) in [6.07, 6.45) is 3.51. The Kier molecular flexibility index (Phi) is 3.39. The van der Waals surface area contributed by atoms with Gasteiger partial charge in [-0.05, 0) is 19.4 Å². The van der Waals surface area contributed by atoms with E-state index < -0.39 is 17.5 Å². The monoisotopic (exact) mass is 270 g/mol. The molecule has 1 aromatic carbocycles. The molecule has 2 fully saturated rings. The van der Waals surface area contributed by atoms with Gasteiger partial charge in [0.25, 0.3) is 0 Å². The van der Waals surface area contributed by atoms with Gasteiger partial charge in [-0.2, -0.15) is 0 Å². The van der Waals surface area contributed by atoms with Crippen molar-refractivity contribution in [2.45, 2.75) is 25.3 Å². The number of hydrogen-bond donors (Lipinski definition) is 0. The molecule has 0 radical (unpaired) electrons. The lowest BCUT2D eigenvalue weighted by atomic mass is 9.99. The third kappa shape index (κ3) is 2.43. The van der Waals surface area contributed by atoms with Crippen LogP contribution in [0.5, 0.6) is 0 Å². The highest BCUT2D eigenvalue weighted by Crippen LogP contribution is 2.28. The second-order valence-corrected chi connectivity index (χ2v) is 5.35. The van der Waals surface area contributed by atoms with Crippen molar-refractivity contribution in [2.24, 2.45) is 0 Å². The summed E-state index contributed by atoms with van der Waals surface area (Å²) >= 11 is 0. The highest BCUT2D eigenvalue weighted by molar-refractivity contribution is 5.49. The van der Waals surface area contributed by atoms with Crippen LogP contribution in [0.3, 0.4) is 0 Å². The Morgan fingerprint density at radius 3 is 2.53 bits per heavy atom. The van der Waals surface area contributed by atoms with Crippen molar-refractivity contribution in [3.8, 4) is 0 Å². The van der Waals surface area contributed by atoms with Crippen LogP contribution in [0.1, 0.15) is 19.3 Å². The predicted molar refractivity (Wildman–Crippen MR) is 67.7 cm³/mol. The van der Waals surface area contributed by atoms with Gasteiger partial charge < -0.3 is 4.90 Å². The minimum Gasteiger partial charge on any atom is -0.366 e. The van der Waals surface area contributed by atoms with Crippen molar-refractivity contribution < 1.29 is 13.2 Å². The molecule has 0 amide bonds. The second-order valence-electron chi connectivity index (χ2n) is 5.35. The number of nitrogens with zero attached hydrogens (tertiary/aromatic N) is 2. The fourth-order valence-corrected chi connectivity index (χ4v) is 3.13. The zero-order chi connectivity index (χ0) is 13.4. The van der Waals surface area contributed by atoms with Crippen LogP contribution in [-0.4, -0.2) is 37.1 Å². The number of benzene rings is 1. The van der Waals surface area contributed by atoms with Crippen LogP contribution < -0.4 is 4.90 Å². The van der Waals surface area contributed by atoms with E-state index in [0.717, 1.165) is 25.6 Å². The fourth-order valence-electron chi connectivity index (χ4n) is 3.13. The molecular weight excluding hydrogens is 253 g/mol. The molecule has 0 aliphatic carbocycles. The Labute approximate surface area is 110 Å². The maximum atomic E-state index is 13.8. The van der Waals surface area contributed by atoms with Gasteiger partial charge in [0, 0.05) is 37.8 Å². The number of halogens is 3. The minimum absolute atomic E-state index is 0.184. The molecule has 0 N–H and O–H groups in total. The van der Waals surface area contributed by atoms with Gasteiger partial charge in [-0.3, -0.25) is 4.90 Å². The molecule has 1 atom stereocenters. The van der Waals surface area contributed by atoms with E-state index in [1.165, 1.54) is 12.8 Å². The molecule has 1 unspecified atom stereocenters. The molecule has 5 heteroatoms. The van der Waals surface area contributed by atoms with Crippen LogP contribution in [0.25, 0.3) is 0 Å². The molecule has 0 saturated carbocycles. The van der Waals surface area contributed by atoms with Gasteiger partial charge in [-0.15, -0.1) is 0 Å². The van der Waals surface area contributed by atoms with E-state index in [4.69, 9.17) is 0 Å². The third-order valence-corrected chi connectivity index (χ3v) is 4.17. The molecule has 0 spiro atoms. The van der Waals surface area contributed by atoms with Crippen molar-refractivity contribution in [2.75, 3.05) is 31.1 Å². The number of fused-ring (bicyclic) bond motifs is 1. The van der Waals surface area contributed by atoms with Crippen LogP contribution in [0.4, 0.5) is 18.9 Å². The highest BCUT2D eigenvalue weighted by Gasteiger charge is 2.30. The first kappa shape index (κ1) is 12.8. The van der Waals surface area contributed by atoms with Gasteiger partial charge in [-0.1, -0.05) is 6.42 Å². The molecule has 3 rings (SSSR count). The predicted octanol–water partition coefficient (Wildman–Crippen LogP) is 2.78. The van der Waals surface area contributed by atoms with Crippen molar-refractivity contribution in [1.29, 1.82) is 0 Å². The van der Waals surface area contributed by atoms with Crippen LogP contribution >= 0.6 is 0 Å². The van der Waals surface area contributed by atoms with Crippen molar-refractivity contribution in [3.05, 3.63) is 29.6 Å². The molecule has 2 saturated heterocycles. The maximum absolute atomic E-state index is 13.8. The van der Waals surface area contributed by atoms with Gasteiger partial charge >= 0.3 is 0 Å². The first-order valence-corrected chi connectivity index (χ1v) is 6.78. The van der Waals surface area contributed by atoms with Gasteiger partial charge in [0.05, 0.1) is 5.69 Å². The number of anilines is 1. The first-order chi connectivity index (χ1) is 9.15. The van der Waals surface area contributed by atoms with Crippen LogP contribution in [0.2, 0.25) is 0 Å². The van der Waals surface area contributed by atoms with Crippen LogP contribution in [0, 0.1) is 17.5 Å².